The second-order valence-corrected chi connectivity index (χ2v) is 7.28. The molecule has 0 aliphatic carbocycles. The van der Waals surface area contributed by atoms with E-state index in [-0.39, 0.29) is 5.54 Å². The van der Waals surface area contributed by atoms with Crippen LogP contribution < -0.4 is 5.32 Å². The van der Waals surface area contributed by atoms with Crippen molar-refractivity contribution in [1.82, 2.24) is 10.2 Å². The molecule has 2 unspecified atom stereocenters. The highest BCUT2D eigenvalue weighted by Gasteiger charge is 2.42. The number of nitrogens with one attached hydrogen (secondary N) is 1. The molecular weight excluding hydrogens is 212 g/mol. The Labute approximate surface area is 106 Å². The lowest BCUT2D eigenvalue weighted by atomic mass is 9.82. The van der Waals surface area contributed by atoms with Crippen molar-refractivity contribution >= 4 is 0 Å². The van der Waals surface area contributed by atoms with Gasteiger partial charge >= 0.3 is 0 Å². The summed E-state index contributed by atoms with van der Waals surface area (Å²) in [6.45, 7) is 15.7. The van der Waals surface area contributed by atoms with Gasteiger partial charge in [-0.2, -0.15) is 0 Å². The van der Waals surface area contributed by atoms with E-state index in [1.807, 2.05) is 0 Å². The first-order valence-electron chi connectivity index (χ1n) is 6.88. The van der Waals surface area contributed by atoms with Gasteiger partial charge in [-0.15, -0.1) is 0 Å². The number of hydrogen-bond acceptors (Lipinski definition) is 3. The maximum absolute atomic E-state index is 5.56. The molecule has 0 aromatic carbocycles. The van der Waals surface area contributed by atoms with Crippen LogP contribution in [0.15, 0.2) is 0 Å². The summed E-state index contributed by atoms with van der Waals surface area (Å²) >= 11 is 0. The van der Waals surface area contributed by atoms with Gasteiger partial charge < -0.3 is 10.1 Å². The molecule has 0 spiro atoms. The maximum Gasteiger partial charge on any atom is 0.0622 e. The molecule has 0 bridgehead atoms. The van der Waals surface area contributed by atoms with Gasteiger partial charge in [0.2, 0.25) is 0 Å². The summed E-state index contributed by atoms with van der Waals surface area (Å²) in [6.07, 6.45) is 1.19. The minimum atomic E-state index is 0.250. The Hall–Kier alpha value is -0.120. The van der Waals surface area contributed by atoms with E-state index in [2.05, 4.69) is 44.8 Å². The van der Waals surface area contributed by atoms with Crippen LogP contribution in [0, 0.1) is 5.41 Å². The molecule has 2 aliphatic rings. The third-order valence-electron chi connectivity index (χ3n) is 4.33. The van der Waals surface area contributed by atoms with Gasteiger partial charge in [0.25, 0.3) is 0 Å². The number of rotatable bonds is 1. The smallest absolute Gasteiger partial charge is 0.0622 e. The largest absolute Gasteiger partial charge is 0.380 e. The van der Waals surface area contributed by atoms with Crippen LogP contribution in [0.1, 0.15) is 41.0 Å². The molecule has 3 nitrogen and oxygen atoms in total. The molecule has 17 heavy (non-hydrogen) atoms. The third kappa shape index (κ3) is 2.83. The van der Waals surface area contributed by atoms with E-state index in [0.717, 1.165) is 26.3 Å². The number of ether oxygens (including phenoxy) is 1. The van der Waals surface area contributed by atoms with E-state index < -0.39 is 0 Å². The maximum atomic E-state index is 5.56. The quantitative estimate of drug-likeness (QED) is 0.757. The zero-order valence-corrected chi connectivity index (χ0v) is 12.0. The molecule has 0 aromatic heterocycles. The van der Waals surface area contributed by atoms with Crippen molar-refractivity contribution in [3.8, 4) is 0 Å². The first-order chi connectivity index (χ1) is 7.81. The van der Waals surface area contributed by atoms with Crippen LogP contribution in [0.25, 0.3) is 0 Å². The molecule has 0 saturated carbocycles. The molecule has 1 N–H and O–H groups in total. The van der Waals surface area contributed by atoms with E-state index in [4.69, 9.17) is 4.74 Å². The van der Waals surface area contributed by atoms with Gasteiger partial charge in [-0.3, -0.25) is 4.90 Å². The Bertz CT molecular complexity index is 264. The van der Waals surface area contributed by atoms with E-state index in [1.165, 1.54) is 6.42 Å². The standard InChI is InChI=1S/C14H28N2O/c1-13(2,3)12-8-16(11-6-7-17-9-11)14(4,5)10-15-12/h11-12,15H,6-10H2,1-5H3. The molecule has 2 fully saturated rings. The normalized spacial score (nSPS) is 35.1. The van der Waals surface area contributed by atoms with E-state index in [9.17, 15) is 0 Å². The summed E-state index contributed by atoms with van der Waals surface area (Å²) in [5.41, 5.74) is 0.578. The molecule has 0 radical (unpaired) electrons. The molecule has 2 heterocycles. The molecule has 2 atom stereocenters. The fourth-order valence-corrected chi connectivity index (χ4v) is 2.97. The van der Waals surface area contributed by atoms with Crippen molar-refractivity contribution in [2.24, 2.45) is 5.41 Å². The summed E-state index contributed by atoms with van der Waals surface area (Å²) in [6, 6.07) is 1.20. The summed E-state index contributed by atoms with van der Waals surface area (Å²) < 4.78 is 5.56. The lowest BCUT2D eigenvalue weighted by Crippen LogP contribution is -2.67. The van der Waals surface area contributed by atoms with Crippen LogP contribution in [0.5, 0.6) is 0 Å². The second kappa shape index (κ2) is 4.52. The fourth-order valence-electron chi connectivity index (χ4n) is 2.97. The molecule has 0 amide bonds. The van der Waals surface area contributed by atoms with Gasteiger partial charge in [-0.25, -0.2) is 0 Å². The lowest BCUT2D eigenvalue weighted by molar-refractivity contribution is -0.00123. The molecule has 2 rings (SSSR count). The highest BCUT2D eigenvalue weighted by molar-refractivity contribution is 4.99. The molecule has 0 aromatic rings. The van der Waals surface area contributed by atoms with Crippen LogP contribution in [0.2, 0.25) is 0 Å². The zero-order valence-electron chi connectivity index (χ0n) is 12.0. The second-order valence-electron chi connectivity index (χ2n) is 7.28. The van der Waals surface area contributed by atoms with Crippen LogP contribution in [0.3, 0.4) is 0 Å². The van der Waals surface area contributed by atoms with E-state index >= 15 is 0 Å². The fraction of sp³-hybridized carbons (Fsp3) is 1.00. The van der Waals surface area contributed by atoms with Crippen molar-refractivity contribution in [1.29, 1.82) is 0 Å². The Morgan fingerprint density at radius 2 is 2.00 bits per heavy atom. The molecular formula is C14H28N2O. The van der Waals surface area contributed by atoms with Crippen molar-refractivity contribution in [3.05, 3.63) is 0 Å². The highest BCUT2D eigenvalue weighted by atomic mass is 16.5. The van der Waals surface area contributed by atoms with Crippen molar-refractivity contribution in [2.45, 2.75) is 58.7 Å². The van der Waals surface area contributed by atoms with Crippen molar-refractivity contribution in [3.63, 3.8) is 0 Å². The monoisotopic (exact) mass is 240 g/mol. The SMILES string of the molecule is CC(C)(C)C1CN(C2CCOC2)C(C)(C)CN1. The first-order valence-corrected chi connectivity index (χ1v) is 6.88. The van der Waals surface area contributed by atoms with Gasteiger partial charge in [0.1, 0.15) is 0 Å². The zero-order chi connectivity index (χ0) is 12.7. The Morgan fingerprint density at radius 3 is 2.53 bits per heavy atom. The first kappa shape index (κ1) is 13.3. The Balaban J connectivity index is 2.09. The van der Waals surface area contributed by atoms with E-state index in [0.29, 0.717) is 17.5 Å². The van der Waals surface area contributed by atoms with Crippen LogP contribution in [-0.2, 0) is 4.74 Å². The van der Waals surface area contributed by atoms with E-state index in [1.54, 1.807) is 0 Å². The van der Waals surface area contributed by atoms with Gasteiger partial charge in [-0.05, 0) is 25.7 Å². The van der Waals surface area contributed by atoms with Crippen molar-refractivity contribution < 1.29 is 4.74 Å². The molecule has 2 saturated heterocycles. The number of piperazine rings is 1. The lowest BCUT2D eigenvalue weighted by Gasteiger charge is -2.51. The average molecular weight is 240 g/mol. The van der Waals surface area contributed by atoms with Crippen LogP contribution >= 0.6 is 0 Å². The predicted molar refractivity (Wildman–Crippen MR) is 71.3 cm³/mol. The summed E-state index contributed by atoms with van der Waals surface area (Å²) in [5, 5.41) is 3.72. The number of hydrogen-bond donors (Lipinski definition) is 1. The van der Waals surface area contributed by atoms with Gasteiger partial charge in [-0.1, -0.05) is 20.8 Å². The highest BCUT2D eigenvalue weighted by Crippen LogP contribution is 2.30. The molecule has 3 heteroatoms. The van der Waals surface area contributed by atoms with Crippen molar-refractivity contribution in [2.75, 3.05) is 26.3 Å². The molecule has 100 valence electrons. The summed E-state index contributed by atoms with van der Waals surface area (Å²) in [7, 11) is 0. The summed E-state index contributed by atoms with van der Waals surface area (Å²) in [5.74, 6) is 0. The number of nitrogens with zero attached hydrogens (tertiary/aromatic N) is 1. The summed E-state index contributed by atoms with van der Waals surface area (Å²) in [4.78, 5) is 2.67. The minimum absolute atomic E-state index is 0.250. The Morgan fingerprint density at radius 1 is 1.29 bits per heavy atom. The predicted octanol–water partition coefficient (Wildman–Crippen LogP) is 1.87. The van der Waals surface area contributed by atoms with Gasteiger partial charge in [0, 0.05) is 37.3 Å². The third-order valence-corrected chi connectivity index (χ3v) is 4.33. The van der Waals surface area contributed by atoms with Crippen LogP contribution in [-0.4, -0.2) is 48.8 Å². The molecule has 2 aliphatic heterocycles. The Kier molecular flexibility index (Phi) is 3.54. The topological polar surface area (TPSA) is 24.5 Å². The minimum Gasteiger partial charge on any atom is -0.380 e. The van der Waals surface area contributed by atoms with Gasteiger partial charge in [0.15, 0.2) is 0 Å². The average Bonchev–Trinajstić information content (AvgIpc) is 2.67. The van der Waals surface area contributed by atoms with Crippen LogP contribution in [0.4, 0.5) is 0 Å². The van der Waals surface area contributed by atoms with Gasteiger partial charge in [0.05, 0.1) is 6.61 Å².